The largest absolute Gasteiger partial charge is 0.457 e. The van der Waals surface area contributed by atoms with Gasteiger partial charge in [0.25, 0.3) is 5.91 Å². The molecule has 3 aromatic rings. The van der Waals surface area contributed by atoms with Crippen molar-refractivity contribution in [1.82, 2.24) is 25.0 Å². The lowest BCUT2D eigenvalue weighted by Crippen LogP contribution is -2.45. The second kappa shape index (κ2) is 9.36. The molecule has 0 radical (unpaired) electrons. The Morgan fingerprint density at radius 1 is 1.21 bits per heavy atom. The van der Waals surface area contributed by atoms with Gasteiger partial charge in [0.1, 0.15) is 19.3 Å². The molecule has 1 fully saturated rings. The number of hydrogen-bond acceptors (Lipinski definition) is 7. The number of aliphatic hydroxyl groups is 1. The molecule has 2 aromatic carbocycles. The van der Waals surface area contributed by atoms with Gasteiger partial charge in [-0.2, -0.15) is 5.10 Å². The van der Waals surface area contributed by atoms with Gasteiger partial charge >= 0.3 is 5.97 Å². The maximum atomic E-state index is 12.7. The van der Waals surface area contributed by atoms with E-state index in [0.717, 1.165) is 48.3 Å². The van der Waals surface area contributed by atoms with Crippen LogP contribution in [0.4, 0.5) is 0 Å². The topological polar surface area (TPSA) is 110 Å². The Bertz CT molecular complexity index is 1180. The molecule has 2 aliphatic heterocycles. The van der Waals surface area contributed by atoms with Gasteiger partial charge in [0.2, 0.25) is 0 Å². The van der Waals surface area contributed by atoms with Gasteiger partial charge in [-0.25, -0.2) is 14.5 Å². The number of carbonyl (C=O) groups excluding carboxylic acids is 2. The molecular formula is C25H27N5O4. The zero-order chi connectivity index (χ0) is 23.7. The van der Waals surface area contributed by atoms with Gasteiger partial charge < -0.3 is 20.1 Å². The first kappa shape index (κ1) is 22.2. The second-order valence-corrected chi connectivity index (χ2v) is 8.83. The number of aliphatic hydroxyl groups excluding tert-OH is 1. The molecule has 1 saturated heterocycles. The lowest BCUT2D eigenvalue weighted by atomic mass is 9.94. The number of ether oxygens (including phenoxy) is 1. The summed E-state index contributed by atoms with van der Waals surface area (Å²) in [5, 5.41) is 18.1. The summed E-state index contributed by atoms with van der Waals surface area (Å²) in [4.78, 5) is 30.6. The van der Waals surface area contributed by atoms with Crippen LogP contribution < -0.4 is 5.32 Å². The number of carbonyl (C=O) groups is 2. The number of nitrogens with one attached hydrogen (secondary N) is 1. The molecule has 9 heteroatoms. The second-order valence-electron chi connectivity index (χ2n) is 8.83. The fourth-order valence-corrected chi connectivity index (χ4v) is 4.71. The van der Waals surface area contributed by atoms with E-state index in [1.807, 2.05) is 25.1 Å². The quantitative estimate of drug-likeness (QED) is 0.542. The normalized spacial score (nSPS) is 17.3. The van der Waals surface area contributed by atoms with E-state index in [1.165, 1.54) is 6.33 Å². The standard InChI is InChI=1S/C25H27N5O4/c1-16-20(6-7-21-22(16)13-34-25(21)33)23(31)12-29-10-8-18(9-11-29)28-24(32)17-2-4-19(5-3-17)30-15-26-14-27-30/h2-7,14-15,18,23,31H,8-13H2,1H3,(H,28,32). The van der Waals surface area contributed by atoms with Gasteiger partial charge in [0.15, 0.2) is 0 Å². The molecule has 2 N–H and O–H groups in total. The van der Waals surface area contributed by atoms with Crippen LogP contribution >= 0.6 is 0 Å². The van der Waals surface area contributed by atoms with Crippen LogP contribution in [0.25, 0.3) is 5.69 Å². The lowest BCUT2D eigenvalue weighted by Gasteiger charge is -2.33. The van der Waals surface area contributed by atoms with Crippen LogP contribution in [0.5, 0.6) is 0 Å². The van der Waals surface area contributed by atoms with E-state index < -0.39 is 6.10 Å². The highest BCUT2D eigenvalue weighted by atomic mass is 16.5. The third-order valence-corrected chi connectivity index (χ3v) is 6.73. The van der Waals surface area contributed by atoms with Crippen molar-refractivity contribution in [2.45, 2.75) is 38.5 Å². The monoisotopic (exact) mass is 461 g/mol. The number of amides is 1. The highest BCUT2D eigenvalue weighted by Gasteiger charge is 2.27. The van der Waals surface area contributed by atoms with E-state index in [0.29, 0.717) is 17.7 Å². The number of benzene rings is 2. The van der Waals surface area contributed by atoms with Gasteiger partial charge in [-0.1, -0.05) is 6.07 Å². The van der Waals surface area contributed by atoms with Gasteiger partial charge in [0.05, 0.1) is 17.4 Å². The molecule has 5 rings (SSSR count). The Morgan fingerprint density at radius 2 is 1.97 bits per heavy atom. The van der Waals surface area contributed by atoms with Crippen LogP contribution in [0.15, 0.2) is 49.1 Å². The number of fused-ring (bicyclic) bond motifs is 1. The average molecular weight is 462 g/mol. The molecule has 0 aliphatic carbocycles. The molecule has 0 saturated carbocycles. The van der Waals surface area contributed by atoms with Crippen molar-refractivity contribution in [1.29, 1.82) is 0 Å². The van der Waals surface area contributed by atoms with Crippen LogP contribution in [-0.2, 0) is 11.3 Å². The Kier molecular flexibility index (Phi) is 6.12. The van der Waals surface area contributed by atoms with Gasteiger partial charge in [-0.05, 0) is 61.2 Å². The third-order valence-electron chi connectivity index (χ3n) is 6.73. The molecule has 34 heavy (non-hydrogen) atoms. The third kappa shape index (κ3) is 4.44. The summed E-state index contributed by atoms with van der Waals surface area (Å²) < 4.78 is 6.76. The molecule has 1 aromatic heterocycles. The van der Waals surface area contributed by atoms with Crippen LogP contribution in [0.3, 0.4) is 0 Å². The SMILES string of the molecule is Cc1c(C(O)CN2CCC(NC(=O)c3ccc(-n4cncn4)cc3)CC2)ccc2c1COC2=O. The van der Waals surface area contributed by atoms with E-state index in [1.54, 1.807) is 29.2 Å². The van der Waals surface area contributed by atoms with Gasteiger partial charge in [0, 0.05) is 36.8 Å². The number of hydrogen-bond donors (Lipinski definition) is 2. The minimum Gasteiger partial charge on any atom is -0.457 e. The number of cyclic esters (lactones) is 1. The zero-order valence-electron chi connectivity index (χ0n) is 19.0. The summed E-state index contributed by atoms with van der Waals surface area (Å²) in [5.74, 6) is -0.386. The van der Waals surface area contributed by atoms with Crippen molar-refractivity contribution in [3.05, 3.63) is 76.9 Å². The van der Waals surface area contributed by atoms with Gasteiger partial charge in [-0.3, -0.25) is 4.79 Å². The van der Waals surface area contributed by atoms with Crippen molar-refractivity contribution in [3.63, 3.8) is 0 Å². The number of piperidine rings is 1. The number of rotatable bonds is 6. The van der Waals surface area contributed by atoms with Crippen LogP contribution in [0.1, 0.15) is 56.4 Å². The maximum Gasteiger partial charge on any atom is 0.338 e. The fraction of sp³-hybridized carbons (Fsp3) is 0.360. The highest BCUT2D eigenvalue weighted by molar-refractivity contribution is 5.94. The number of β-amino-alcohol motifs (C(OH)–C–C–N with tert-alkyl or cyclic N) is 1. The highest BCUT2D eigenvalue weighted by Crippen LogP contribution is 2.29. The first-order valence-corrected chi connectivity index (χ1v) is 11.5. The number of esters is 1. The van der Waals surface area contributed by atoms with Crippen LogP contribution in [0, 0.1) is 6.92 Å². The molecule has 1 atom stereocenters. The fourth-order valence-electron chi connectivity index (χ4n) is 4.71. The first-order chi connectivity index (χ1) is 16.5. The van der Waals surface area contributed by atoms with Gasteiger partial charge in [-0.15, -0.1) is 0 Å². The van der Waals surface area contributed by atoms with Crippen LogP contribution in [-0.4, -0.2) is 62.3 Å². The molecular weight excluding hydrogens is 434 g/mol. The molecule has 2 aliphatic rings. The van der Waals surface area contributed by atoms with E-state index in [2.05, 4.69) is 20.3 Å². The summed E-state index contributed by atoms with van der Waals surface area (Å²) in [6.07, 6.45) is 4.08. The van der Waals surface area contributed by atoms with E-state index in [9.17, 15) is 14.7 Å². The zero-order valence-corrected chi connectivity index (χ0v) is 19.0. The van der Waals surface area contributed by atoms with E-state index >= 15 is 0 Å². The molecule has 9 nitrogen and oxygen atoms in total. The Morgan fingerprint density at radius 3 is 2.68 bits per heavy atom. The van der Waals surface area contributed by atoms with E-state index in [-0.39, 0.29) is 24.5 Å². The molecule has 3 heterocycles. The summed E-state index contributed by atoms with van der Waals surface area (Å²) >= 11 is 0. The predicted molar refractivity (Wildman–Crippen MR) is 124 cm³/mol. The molecule has 176 valence electrons. The number of aromatic nitrogens is 3. The summed E-state index contributed by atoms with van der Waals surface area (Å²) in [6, 6.07) is 10.9. The average Bonchev–Trinajstić information content (AvgIpc) is 3.51. The Labute approximate surface area is 197 Å². The maximum absolute atomic E-state index is 12.7. The van der Waals surface area contributed by atoms with Crippen molar-refractivity contribution in [2.75, 3.05) is 19.6 Å². The predicted octanol–water partition coefficient (Wildman–Crippen LogP) is 2.17. The van der Waals surface area contributed by atoms with Crippen molar-refractivity contribution >= 4 is 11.9 Å². The van der Waals surface area contributed by atoms with Crippen molar-refractivity contribution < 1.29 is 19.4 Å². The molecule has 1 unspecified atom stereocenters. The minimum atomic E-state index is -0.643. The summed E-state index contributed by atoms with van der Waals surface area (Å²) in [6.45, 7) is 4.30. The Hall–Kier alpha value is -3.56. The Balaban J connectivity index is 1.13. The van der Waals surface area contributed by atoms with Crippen LogP contribution in [0.2, 0.25) is 0 Å². The van der Waals surface area contributed by atoms with Crippen molar-refractivity contribution in [3.8, 4) is 5.69 Å². The molecule has 0 bridgehead atoms. The number of nitrogens with zero attached hydrogens (tertiary/aromatic N) is 4. The molecule has 0 spiro atoms. The summed E-state index contributed by atoms with van der Waals surface area (Å²) in [5.41, 5.74) is 4.68. The minimum absolute atomic E-state index is 0.0887. The molecule has 1 amide bonds. The van der Waals surface area contributed by atoms with E-state index in [4.69, 9.17) is 4.74 Å². The summed E-state index contributed by atoms with van der Waals surface area (Å²) in [7, 11) is 0. The number of likely N-dealkylation sites (tertiary alicyclic amines) is 1. The lowest BCUT2D eigenvalue weighted by molar-refractivity contribution is 0.0534. The van der Waals surface area contributed by atoms with Crippen molar-refractivity contribution in [2.24, 2.45) is 0 Å². The first-order valence-electron chi connectivity index (χ1n) is 11.5. The smallest absolute Gasteiger partial charge is 0.338 e.